The second-order valence-electron chi connectivity index (χ2n) is 1.25. The topological polar surface area (TPSA) is 46.2 Å². The molecule has 0 aliphatic carbocycles. The van der Waals surface area contributed by atoms with E-state index in [-0.39, 0.29) is 5.88 Å². The maximum absolute atomic E-state index is 10.3. The van der Waals surface area contributed by atoms with E-state index < -0.39 is 11.8 Å². The number of hydrogen-bond donors (Lipinski definition) is 1. The summed E-state index contributed by atoms with van der Waals surface area (Å²) in [7, 11) is 0. The highest BCUT2D eigenvalue weighted by Gasteiger charge is 1.99. The van der Waals surface area contributed by atoms with Crippen LogP contribution in [-0.2, 0) is 9.59 Å². The van der Waals surface area contributed by atoms with E-state index in [0.717, 1.165) is 6.08 Å². The van der Waals surface area contributed by atoms with Crippen molar-refractivity contribution in [2.45, 2.75) is 0 Å². The van der Waals surface area contributed by atoms with Gasteiger partial charge in [0.05, 0.1) is 0 Å². The first-order chi connectivity index (χ1) is 4.20. The summed E-state index contributed by atoms with van der Waals surface area (Å²) in [4.78, 5) is 20.5. The molecule has 0 aromatic heterocycles. The molecule has 2 amide bonds. The standard InChI is InChI=1S/C5H6ClNO2/c1-2-4(8)7-5(9)3-6/h2H,1,3H2,(H,7,8,9). The lowest BCUT2D eigenvalue weighted by Crippen LogP contribution is -2.29. The van der Waals surface area contributed by atoms with Crippen LogP contribution in [0.4, 0.5) is 0 Å². The average molecular weight is 148 g/mol. The number of nitrogens with one attached hydrogen (secondary N) is 1. The molecule has 0 unspecified atom stereocenters. The van der Waals surface area contributed by atoms with Gasteiger partial charge >= 0.3 is 0 Å². The van der Waals surface area contributed by atoms with Crippen molar-refractivity contribution in [1.82, 2.24) is 5.32 Å². The molecule has 0 atom stereocenters. The van der Waals surface area contributed by atoms with E-state index in [4.69, 9.17) is 11.6 Å². The molecule has 0 spiro atoms. The fourth-order valence-corrected chi connectivity index (χ4v) is 0.289. The van der Waals surface area contributed by atoms with E-state index in [9.17, 15) is 9.59 Å². The maximum Gasteiger partial charge on any atom is 0.249 e. The Morgan fingerprint density at radius 2 is 2.22 bits per heavy atom. The molecule has 0 heterocycles. The molecule has 3 nitrogen and oxygen atoms in total. The molecule has 9 heavy (non-hydrogen) atoms. The van der Waals surface area contributed by atoms with Crippen molar-refractivity contribution < 1.29 is 9.59 Å². The number of hydrogen-bond acceptors (Lipinski definition) is 2. The first-order valence-electron chi connectivity index (χ1n) is 2.23. The van der Waals surface area contributed by atoms with Gasteiger partial charge in [-0.05, 0) is 6.08 Å². The third-order valence-electron chi connectivity index (χ3n) is 0.569. The lowest BCUT2D eigenvalue weighted by Gasteiger charge is -1.92. The Morgan fingerprint density at radius 3 is 2.56 bits per heavy atom. The van der Waals surface area contributed by atoms with Crippen molar-refractivity contribution in [2.75, 3.05) is 5.88 Å². The maximum atomic E-state index is 10.3. The van der Waals surface area contributed by atoms with Crippen molar-refractivity contribution in [3.8, 4) is 0 Å². The fourth-order valence-electron chi connectivity index (χ4n) is 0.222. The summed E-state index contributed by atoms with van der Waals surface area (Å²) < 4.78 is 0. The van der Waals surface area contributed by atoms with Gasteiger partial charge in [-0.15, -0.1) is 11.6 Å². The van der Waals surface area contributed by atoms with Crippen LogP contribution in [0.1, 0.15) is 0 Å². The number of rotatable bonds is 2. The van der Waals surface area contributed by atoms with Crippen molar-refractivity contribution in [2.24, 2.45) is 0 Å². The molecule has 0 saturated heterocycles. The Labute approximate surface area is 57.7 Å². The van der Waals surface area contributed by atoms with Gasteiger partial charge in [-0.25, -0.2) is 0 Å². The van der Waals surface area contributed by atoms with Crippen molar-refractivity contribution >= 4 is 23.4 Å². The summed E-state index contributed by atoms with van der Waals surface area (Å²) >= 11 is 5.05. The molecule has 0 aliphatic heterocycles. The van der Waals surface area contributed by atoms with Gasteiger partial charge in [0.1, 0.15) is 5.88 Å². The molecule has 0 fully saturated rings. The van der Waals surface area contributed by atoms with Crippen LogP contribution in [0.2, 0.25) is 0 Å². The molecule has 50 valence electrons. The summed E-state index contributed by atoms with van der Waals surface area (Å²) in [6.45, 7) is 3.14. The molecular weight excluding hydrogens is 142 g/mol. The molecule has 0 rings (SSSR count). The van der Waals surface area contributed by atoms with Crippen LogP contribution in [0, 0.1) is 0 Å². The number of amides is 2. The third-order valence-corrected chi connectivity index (χ3v) is 0.812. The first-order valence-corrected chi connectivity index (χ1v) is 2.76. The summed E-state index contributed by atoms with van der Waals surface area (Å²) in [6.07, 6.45) is 1.00. The van der Waals surface area contributed by atoms with Gasteiger partial charge in [0.2, 0.25) is 11.8 Å². The van der Waals surface area contributed by atoms with E-state index in [1.54, 1.807) is 0 Å². The largest absolute Gasteiger partial charge is 0.292 e. The second-order valence-corrected chi connectivity index (χ2v) is 1.52. The lowest BCUT2D eigenvalue weighted by atomic mass is 10.5. The van der Waals surface area contributed by atoms with Gasteiger partial charge in [-0.3, -0.25) is 14.9 Å². The minimum absolute atomic E-state index is 0.209. The molecule has 0 aromatic rings. The van der Waals surface area contributed by atoms with Gasteiger partial charge in [0.15, 0.2) is 0 Å². The molecule has 0 aliphatic rings. The van der Waals surface area contributed by atoms with E-state index in [1.165, 1.54) is 0 Å². The van der Waals surface area contributed by atoms with Crippen LogP contribution in [0.15, 0.2) is 12.7 Å². The molecular formula is C5H6ClNO2. The zero-order valence-corrected chi connectivity index (χ0v) is 5.44. The summed E-state index contributed by atoms with van der Waals surface area (Å²) in [5.74, 6) is -1.25. The van der Waals surface area contributed by atoms with Gasteiger partial charge < -0.3 is 0 Å². The predicted octanol–water partition coefficient (Wildman–Crippen LogP) is 0.0540. The second kappa shape index (κ2) is 4.09. The number of alkyl halides is 1. The number of carbonyl (C=O) groups is 2. The lowest BCUT2D eigenvalue weighted by molar-refractivity contribution is -0.126. The number of imide groups is 1. The Morgan fingerprint density at radius 1 is 1.67 bits per heavy atom. The van der Waals surface area contributed by atoms with Gasteiger partial charge in [0.25, 0.3) is 0 Å². The molecule has 0 aromatic carbocycles. The fraction of sp³-hybridized carbons (Fsp3) is 0.200. The third kappa shape index (κ3) is 3.73. The number of carbonyl (C=O) groups excluding carboxylic acids is 2. The van der Waals surface area contributed by atoms with Crippen LogP contribution in [0.5, 0.6) is 0 Å². The SMILES string of the molecule is C=CC(=O)NC(=O)CCl. The van der Waals surface area contributed by atoms with Crippen molar-refractivity contribution in [3.63, 3.8) is 0 Å². The predicted molar refractivity (Wildman–Crippen MR) is 34.1 cm³/mol. The van der Waals surface area contributed by atoms with Crippen LogP contribution >= 0.6 is 11.6 Å². The van der Waals surface area contributed by atoms with Crippen LogP contribution < -0.4 is 5.32 Å². The normalized spacial score (nSPS) is 8.11. The number of halogens is 1. The highest BCUT2D eigenvalue weighted by Crippen LogP contribution is 1.74. The van der Waals surface area contributed by atoms with E-state index in [2.05, 4.69) is 6.58 Å². The molecule has 4 heteroatoms. The highest BCUT2D eigenvalue weighted by molar-refractivity contribution is 6.28. The van der Waals surface area contributed by atoms with E-state index in [0.29, 0.717) is 0 Å². The van der Waals surface area contributed by atoms with Gasteiger partial charge in [-0.1, -0.05) is 6.58 Å². The Balaban J connectivity index is 3.59. The van der Waals surface area contributed by atoms with Crippen molar-refractivity contribution in [1.29, 1.82) is 0 Å². The zero-order chi connectivity index (χ0) is 7.28. The van der Waals surface area contributed by atoms with Gasteiger partial charge in [0, 0.05) is 0 Å². The smallest absolute Gasteiger partial charge is 0.249 e. The zero-order valence-electron chi connectivity index (χ0n) is 4.69. The minimum Gasteiger partial charge on any atom is -0.292 e. The van der Waals surface area contributed by atoms with Crippen LogP contribution in [-0.4, -0.2) is 17.7 Å². The Hall–Kier alpha value is -0.830. The minimum atomic E-state index is -0.527. The van der Waals surface area contributed by atoms with E-state index in [1.807, 2.05) is 5.32 Å². The molecule has 0 radical (unpaired) electrons. The monoisotopic (exact) mass is 147 g/mol. The Bertz CT molecular complexity index is 144. The summed E-state index contributed by atoms with van der Waals surface area (Å²) in [5.41, 5.74) is 0. The Kier molecular flexibility index (Phi) is 3.71. The molecule has 0 bridgehead atoms. The van der Waals surface area contributed by atoms with Gasteiger partial charge in [-0.2, -0.15) is 0 Å². The molecule has 1 N–H and O–H groups in total. The van der Waals surface area contributed by atoms with Crippen LogP contribution in [0.3, 0.4) is 0 Å². The quantitative estimate of drug-likeness (QED) is 0.443. The summed E-state index contributed by atoms with van der Waals surface area (Å²) in [5, 5.41) is 1.95. The van der Waals surface area contributed by atoms with Crippen molar-refractivity contribution in [3.05, 3.63) is 12.7 Å². The summed E-state index contributed by atoms with van der Waals surface area (Å²) in [6, 6.07) is 0. The van der Waals surface area contributed by atoms with E-state index >= 15 is 0 Å². The molecule has 0 saturated carbocycles. The highest BCUT2D eigenvalue weighted by atomic mass is 35.5. The average Bonchev–Trinajstić information content (AvgIpc) is 1.87. The first kappa shape index (κ1) is 8.17. The van der Waals surface area contributed by atoms with Crippen LogP contribution in [0.25, 0.3) is 0 Å².